The lowest BCUT2D eigenvalue weighted by Gasteiger charge is -2.18. The summed E-state index contributed by atoms with van der Waals surface area (Å²) in [5, 5.41) is 0.943. The van der Waals surface area contributed by atoms with Gasteiger partial charge in [0.2, 0.25) is 5.75 Å². The van der Waals surface area contributed by atoms with Gasteiger partial charge in [-0.2, -0.15) is 0 Å². The van der Waals surface area contributed by atoms with Gasteiger partial charge in [-0.25, -0.2) is 9.37 Å². The standard InChI is InChI=1S/C20H16Cl2FN3O2/c1-10(16-13(21)5-6-14(23)17(16)22)28-19-18-11(8-25-20(19)24)12(9-27-18)15-4-3-7-26(15)2/h3-10H,1-2H3,(H2,24,25)/t10-/m1/s1. The lowest BCUT2D eigenvalue weighted by atomic mass is 10.1. The summed E-state index contributed by atoms with van der Waals surface area (Å²) in [4.78, 5) is 4.23. The molecule has 0 saturated carbocycles. The van der Waals surface area contributed by atoms with E-state index in [0.717, 1.165) is 16.6 Å². The fourth-order valence-electron chi connectivity index (χ4n) is 3.18. The SMILES string of the molecule is C[C@@H](Oc1c(N)ncc2c(-c3cccn3C)coc12)c1c(Cl)ccc(F)c1Cl. The number of nitrogens with zero attached hydrogens (tertiary/aromatic N) is 2. The van der Waals surface area contributed by atoms with Crippen LogP contribution < -0.4 is 10.5 Å². The topological polar surface area (TPSA) is 66.2 Å². The third-order valence-corrected chi connectivity index (χ3v) is 5.32. The molecule has 0 amide bonds. The maximum atomic E-state index is 13.9. The van der Waals surface area contributed by atoms with Crippen LogP contribution in [0.5, 0.6) is 5.75 Å². The maximum Gasteiger partial charge on any atom is 0.205 e. The van der Waals surface area contributed by atoms with Crippen LogP contribution in [0.3, 0.4) is 0 Å². The van der Waals surface area contributed by atoms with Crippen LogP contribution in [-0.4, -0.2) is 9.55 Å². The van der Waals surface area contributed by atoms with Gasteiger partial charge in [-0.15, -0.1) is 0 Å². The Morgan fingerprint density at radius 1 is 1.29 bits per heavy atom. The number of hydrogen-bond acceptors (Lipinski definition) is 4. The Morgan fingerprint density at radius 3 is 2.79 bits per heavy atom. The first-order valence-corrected chi connectivity index (χ1v) is 9.21. The molecule has 0 aliphatic heterocycles. The number of furan rings is 1. The summed E-state index contributed by atoms with van der Waals surface area (Å²) in [6, 6.07) is 6.54. The lowest BCUT2D eigenvalue weighted by molar-refractivity contribution is 0.227. The van der Waals surface area contributed by atoms with E-state index in [1.165, 1.54) is 12.1 Å². The molecular formula is C20H16Cl2FN3O2. The van der Waals surface area contributed by atoms with E-state index < -0.39 is 11.9 Å². The van der Waals surface area contributed by atoms with E-state index in [4.69, 9.17) is 38.1 Å². The minimum atomic E-state index is -0.686. The Morgan fingerprint density at radius 2 is 2.07 bits per heavy atom. The number of anilines is 1. The molecule has 0 spiro atoms. The molecule has 0 saturated heterocycles. The molecule has 3 aromatic heterocycles. The summed E-state index contributed by atoms with van der Waals surface area (Å²) >= 11 is 12.3. The van der Waals surface area contributed by atoms with E-state index in [2.05, 4.69) is 4.98 Å². The van der Waals surface area contributed by atoms with Crippen molar-refractivity contribution < 1.29 is 13.5 Å². The number of aryl methyl sites for hydroxylation is 1. The number of benzene rings is 1. The fraction of sp³-hybridized carbons (Fsp3) is 0.150. The number of halogens is 3. The monoisotopic (exact) mass is 419 g/mol. The van der Waals surface area contributed by atoms with Gasteiger partial charge in [-0.1, -0.05) is 23.2 Å². The third-order valence-electron chi connectivity index (χ3n) is 4.60. The van der Waals surface area contributed by atoms with Gasteiger partial charge in [-0.3, -0.25) is 0 Å². The molecule has 1 aromatic carbocycles. The van der Waals surface area contributed by atoms with Crippen molar-refractivity contribution in [1.82, 2.24) is 9.55 Å². The molecule has 0 fully saturated rings. The third kappa shape index (κ3) is 2.99. The summed E-state index contributed by atoms with van der Waals surface area (Å²) < 4.78 is 27.6. The molecule has 0 radical (unpaired) electrons. The molecule has 4 aromatic rings. The molecule has 28 heavy (non-hydrogen) atoms. The van der Waals surface area contributed by atoms with Gasteiger partial charge in [0.05, 0.1) is 16.1 Å². The minimum absolute atomic E-state index is 0.0948. The van der Waals surface area contributed by atoms with Crippen LogP contribution >= 0.6 is 23.2 Å². The van der Waals surface area contributed by atoms with Gasteiger partial charge >= 0.3 is 0 Å². The molecule has 0 bridgehead atoms. The van der Waals surface area contributed by atoms with Gasteiger partial charge in [-0.05, 0) is 31.2 Å². The molecule has 0 aliphatic rings. The fourth-order valence-corrected chi connectivity index (χ4v) is 3.86. The van der Waals surface area contributed by atoms with Crippen LogP contribution in [0.25, 0.3) is 22.2 Å². The molecule has 0 aliphatic carbocycles. The van der Waals surface area contributed by atoms with Crippen molar-refractivity contribution >= 4 is 40.0 Å². The largest absolute Gasteiger partial charge is 0.478 e. The first-order chi connectivity index (χ1) is 13.4. The number of ether oxygens (including phenoxy) is 1. The van der Waals surface area contributed by atoms with Crippen molar-refractivity contribution in [3.8, 4) is 17.0 Å². The average molecular weight is 420 g/mol. The van der Waals surface area contributed by atoms with Crippen LogP contribution in [0.15, 0.2) is 47.3 Å². The van der Waals surface area contributed by atoms with Crippen LogP contribution in [-0.2, 0) is 7.05 Å². The Bertz CT molecular complexity index is 1190. The second kappa shape index (κ2) is 7.04. The van der Waals surface area contributed by atoms with E-state index in [0.29, 0.717) is 16.2 Å². The smallest absolute Gasteiger partial charge is 0.205 e. The summed E-state index contributed by atoms with van der Waals surface area (Å²) in [7, 11) is 1.94. The highest BCUT2D eigenvalue weighted by molar-refractivity contribution is 6.36. The van der Waals surface area contributed by atoms with Crippen molar-refractivity contribution in [2.75, 3.05) is 5.73 Å². The van der Waals surface area contributed by atoms with Gasteiger partial charge in [0, 0.05) is 35.6 Å². The quantitative estimate of drug-likeness (QED) is 0.411. The van der Waals surface area contributed by atoms with Crippen LogP contribution in [0, 0.1) is 5.82 Å². The number of fused-ring (bicyclic) bond motifs is 1. The van der Waals surface area contributed by atoms with Gasteiger partial charge in [0.15, 0.2) is 11.4 Å². The van der Waals surface area contributed by atoms with Gasteiger partial charge in [0.25, 0.3) is 0 Å². The zero-order valence-corrected chi connectivity index (χ0v) is 16.6. The second-order valence-corrected chi connectivity index (χ2v) is 7.17. The molecule has 144 valence electrons. The molecule has 2 N–H and O–H groups in total. The Labute approximate surface area is 170 Å². The van der Waals surface area contributed by atoms with Crippen LogP contribution in [0.2, 0.25) is 10.0 Å². The Balaban J connectivity index is 1.80. The predicted molar refractivity (Wildman–Crippen MR) is 108 cm³/mol. The van der Waals surface area contributed by atoms with E-state index in [1.54, 1.807) is 19.4 Å². The number of nitrogen functional groups attached to an aromatic ring is 1. The first kappa shape index (κ1) is 18.7. The number of pyridine rings is 1. The highest BCUT2D eigenvalue weighted by Crippen LogP contribution is 2.41. The van der Waals surface area contributed by atoms with Crippen molar-refractivity contribution in [3.05, 3.63) is 64.3 Å². The Kier molecular flexibility index (Phi) is 4.69. The van der Waals surface area contributed by atoms with Crippen molar-refractivity contribution in [1.29, 1.82) is 0 Å². The molecule has 4 rings (SSSR count). The molecular weight excluding hydrogens is 404 g/mol. The van der Waals surface area contributed by atoms with E-state index in [9.17, 15) is 4.39 Å². The van der Waals surface area contributed by atoms with E-state index >= 15 is 0 Å². The molecule has 3 heterocycles. The van der Waals surface area contributed by atoms with Crippen molar-refractivity contribution in [2.45, 2.75) is 13.0 Å². The molecule has 0 unspecified atom stereocenters. The van der Waals surface area contributed by atoms with Gasteiger partial charge in [0.1, 0.15) is 18.2 Å². The average Bonchev–Trinajstić information content (AvgIpc) is 3.26. The molecule has 8 heteroatoms. The van der Waals surface area contributed by atoms with E-state index in [-0.39, 0.29) is 16.6 Å². The predicted octanol–water partition coefficient (Wildman–Crippen LogP) is 6.00. The molecule has 5 nitrogen and oxygen atoms in total. The summed E-state index contributed by atoms with van der Waals surface area (Å²) in [6.45, 7) is 1.70. The summed E-state index contributed by atoms with van der Waals surface area (Å²) in [5.74, 6) is -0.178. The zero-order valence-electron chi connectivity index (χ0n) is 15.0. The second-order valence-electron chi connectivity index (χ2n) is 6.39. The highest BCUT2D eigenvalue weighted by atomic mass is 35.5. The lowest BCUT2D eigenvalue weighted by Crippen LogP contribution is -2.08. The van der Waals surface area contributed by atoms with E-state index in [1.807, 2.05) is 29.9 Å². The molecule has 1 atom stereocenters. The zero-order chi connectivity index (χ0) is 20.0. The summed E-state index contributed by atoms with van der Waals surface area (Å²) in [5.41, 5.74) is 8.62. The van der Waals surface area contributed by atoms with Gasteiger partial charge < -0.3 is 19.5 Å². The summed E-state index contributed by atoms with van der Waals surface area (Å²) in [6.07, 6.45) is 4.51. The Hall–Kier alpha value is -2.70. The van der Waals surface area contributed by atoms with Crippen LogP contribution in [0.1, 0.15) is 18.6 Å². The number of aromatic nitrogens is 2. The van der Waals surface area contributed by atoms with Crippen molar-refractivity contribution in [3.63, 3.8) is 0 Å². The maximum absolute atomic E-state index is 13.9. The number of hydrogen-bond donors (Lipinski definition) is 1. The van der Waals surface area contributed by atoms with Crippen molar-refractivity contribution in [2.24, 2.45) is 7.05 Å². The highest BCUT2D eigenvalue weighted by Gasteiger charge is 2.23. The minimum Gasteiger partial charge on any atom is -0.478 e. The first-order valence-electron chi connectivity index (χ1n) is 8.46. The number of nitrogens with two attached hydrogens (primary N) is 1. The van der Waals surface area contributed by atoms with Crippen LogP contribution in [0.4, 0.5) is 10.2 Å². The normalized spacial score (nSPS) is 12.5. The number of rotatable bonds is 4.